The van der Waals surface area contributed by atoms with Gasteiger partial charge in [0.25, 0.3) is 0 Å². The van der Waals surface area contributed by atoms with E-state index in [1.54, 1.807) is 0 Å². The van der Waals surface area contributed by atoms with Gasteiger partial charge in [0.05, 0.1) is 5.02 Å². The Labute approximate surface area is 111 Å². The minimum atomic E-state index is 0.770. The second kappa shape index (κ2) is 8.07. The van der Waals surface area contributed by atoms with Crippen LogP contribution in [0.15, 0.2) is 22.7 Å². The fourth-order valence-electron chi connectivity index (χ4n) is 1.40. The largest absolute Gasteiger partial charge is 0.317 e. The molecule has 0 spiro atoms. The molecule has 1 aromatic rings. The van der Waals surface area contributed by atoms with E-state index in [9.17, 15) is 0 Å². The summed E-state index contributed by atoms with van der Waals surface area (Å²) in [5, 5.41) is 7.46. The molecule has 16 heavy (non-hydrogen) atoms. The number of hydrogen-bond donors (Lipinski definition) is 2. The molecule has 0 fully saturated rings. The van der Waals surface area contributed by atoms with Gasteiger partial charge in [0.2, 0.25) is 0 Å². The van der Waals surface area contributed by atoms with Gasteiger partial charge in [-0.05, 0) is 59.7 Å². The van der Waals surface area contributed by atoms with E-state index >= 15 is 0 Å². The highest BCUT2D eigenvalue weighted by atomic mass is 79.9. The average molecular weight is 306 g/mol. The minimum absolute atomic E-state index is 0.770. The van der Waals surface area contributed by atoms with E-state index in [1.807, 2.05) is 12.1 Å². The van der Waals surface area contributed by atoms with Crippen molar-refractivity contribution >= 4 is 27.5 Å². The Morgan fingerprint density at radius 2 is 2.00 bits per heavy atom. The van der Waals surface area contributed by atoms with Crippen molar-refractivity contribution in [2.75, 3.05) is 19.6 Å². The van der Waals surface area contributed by atoms with Crippen molar-refractivity contribution in [1.29, 1.82) is 0 Å². The van der Waals surface area contributed by atoms with Gasteiger partial charge in [0, 0.05) is 11.0 Å². The maximum Gasteiger partial charge on any atom is 0.0551 e. The van der Waals surface area contributed by atoms with Crippen LogP contribution in [-0.2, 0) is 6.54 Å². The number of benzene rings is 1. The lowest BCUT2D eigenvalue weighted by molar-refractivity contribution is 0.606. The summed E-state index contributed by atoms with van der Waals surface area (Å²) in [6.07, 6.45) is 1.15. The van der Waals surface area contributed by atoms with Crippen LogP contribution >= 0.6 is 27.5 Å². The van der Waals surface area contributed by atoms with Gasteiger partial charge in [-0.3, -0.25) is 0 Å². The van der Waals surface area contributed by atoms with Crippen molar-refractivity contribution in [3.8, 4) is 0 Å². The molecule has 0 saturated carbocycles. The van der Waals surface area contributed by atoms with E-state index in [-0.39, 0.29) is 0 Å². The third-order valence-electron chi connectivity index (χ3n) is 2.27. The van der Waals surface area contributed by atoms with E-state index in [0.29, 0.717) is 0 Å². The standard InChI is InChI=1S/C12H18BrClN2/c1-2-15-6-3-7-16-9-10-4-5-11(13)12(14)8-10/h4-5,8,15-16H,2-3,6-7,9H2,1H3. The van der Waals surface area contributed by atoms with Crippen LogP contribution in [-0.4, -0.2) is 19.6 Å². The van der Waals surface area contributed by atoms with Gasteiger partial charge in [-0.15, -0.1) is 0 Å². The summed E-state index contributed by atoms with van der Waals surface area (Å²) < 4.78 is 0.949. The SMILES string of the molecule is CCNCCCNCc1ccc(Br)c(Cl)c1. The maximum absolute atomic E-state index is 6.01. The van der Waals surface area contributed by atoms with E-state index in [1.165, 1.54) is 5.56 Å². The molecule has 0 bridgehead atoms. The number of halogens is 2. The lowest BCUT2D eigenvalue weighted by Crippen LogP contribution is -2.21. The summed E-state index contributed by atoms with van der Waals surface area (Å²) in [5.74, 6) is 0. The van der Waals surface area contributed by atoms with Gasteiger partial charge in [0.1, 0.15) is 0 Å². The quantitative estimate of drug-likeness (QED) is 0.756. The molecule has 2 N–H and O–H groups in total. The summed E-state index contributed by atoms with van der Waals surface area (Å²) in [5.41, 5.74) is 1.22. The summed E-state index contributed by atoms with van der Waals surface area (Å²) in [7, 11) is 0. The highest BCUT2D eigenvalue weighted by molar-refractivity contribution is 9.10. The molecule has 1 aromatic carbocycles. The van der Waals surface area contributed by atoms with Crippen LogP contribution in [0, 0.1) is 0 Å². The van der Waals surface area contributed by atoms with Crippen molar-refractivity contribution < 1.29 is 0 Å². The van der Waals surface area contributed by atoms with Gasteiger partial charge < -0.3 is 10.6 Å². The molecule has 90 valence electrons. The Kier molecular flexibility index (Phi) is 7.05. The first kappa shape index (κ1) is 14.0. The fraction of sp³-hybridized carbons (Fsp3) is 0.500. The zero-order valence-electron chi connectivity index (χ0n) is 9.52. The Morgan fingerprint density at radius 3 is 2.69 bits per heavy atom. The number of hydrogen-bond acceptors (Lipinski definition) is 2. The van der Waals surface area contributed by atoms with Gasteiger partial charge in [-0.25, -0.2) is 0 Å². The molecule has 0 aromatic heterocycles. The van der Waals surface area contributed by atoms with Gasteiger partial charge >= 0.3 is 0 Å². The molecule has 0 atom stereocenters. The zero-order valence-corrected chi connectivity index (χ0v) is 11.9. The lowest BCUT2D eigenvalue weighted by Gasteiger charge is -2.06. The van der Waals surface area contributed by atoms with Crippen molar-refractivity contribution in [3.05, 3.63) is 33.3 Å². The normalized spacial score (nSPS) is 10.7. The molecule has 4 heteroatoms. The zero-order chi connectivity index (χ0) is 11.8. The van der Waals surface area contributed by atoms with Gasteiger partial charge in [0.15, 0.2) is 0 Å². The van der Waals surface area contributed by atoms with Crippen LogP contribution in [0.1, 0.15) is 18.9 Å². The Bertz CT molecular complexity index is 318. The third kappa shape index (κ3) is 5.30. The molecular formula is C12H18BrClN2. The van der Waals surface area contributed by atoms with E-state index in [0.717, 1.165) is 42.1 Å². The van der Waals surface area contributed by atoms with Crippen LogP contribution < -0.4 is 10.6 Å². The molecule has 0 aliphatic carbocycles. The monoisotopic (exact) mass is 304 g/mol. The lowest BCUT2D eigenvalue weighted by atomic mass is 10.2. The molecule has 2 nitrogen and oxygen atoms in total. The Morgan fingerprint density at radius 1 is 1.25 bits per heavy atom. The first-order valence-electron chi connectivity index (χ1n) is 5.59. The van der Waals surface area contributed by atoms with E-state index < -0.39 is 0 Å². The average Bonchev–Trinajstić information content (AvgIpc) is 2.28. The predicted molar refractivity (Wildman–Crippen MR) is 74.0 cm³/mol. The van der Waals surface area contributed by atoms with Crippen LogP contribution in [0.25, 0.3) is 0 Å². The second-order valence-corrected chi connectivity index (χ2v) is 4.89. The first-order valence-corrected chi connectivity index (χ1v) is 6.76. The molecule has 0 saturated heterocycles. The Hall–Kier alpha value is -0.0900. The molecule has 0 aliphatic rings. The molecule has 1 rings (SSSR count). The van der Waals surface area contributed by atoms with Gasteiger partial charge in [-0.1, -0.05) is 24.6 Å². The molecule has 0 radical (unpaired) electrons. The number of rotatable bonds is 7. The van der Waals surface area contributed by atoms with E-state index in [4.69, 9.17) is 11.6 Å². The van der Waals surface area contributed by atoms with Crippen molar-refractivity contribution in [3.63, 3.8) is 0 Å². The predicted octanol–water partition coefficient (Wildman–Crippen LogP) is 3.19. The van der Waals surface area contributed by atoms with Crippen molar-refractivity contribution in [2.24, 2.45) is 0 Å². The first-order chi connectivity index (χ1) is 7.74. The summed E-state index contributed by atoms with van der Waals surface area (Å²) >= 11 is 9.39. The molecule has 0 amide bonds. The van der Waals surface area contributed by atoms with Crippen LogP contribution in [0.3, 0.4) is 0 Å². The fourth-order valence-corrected chi connectivity index (χ4v) is 1.85. The van der Waals surface area contributed by atoms with Crippen LogP contribution in [0.2, 0.25) is 5.02 Å². The molecule has 0 heterocycles. The number of nitrogens with one attached hydrogen (secondary N) is 2. The van der Waals surface area contributed by atoms with Crippen molar-refractivity contribution in [2.45, 2.75) is 19.9 Å². The molecular weight excluding hydrogens is 288 g/mol. The van der Waals surface area contributed by atoms with E-state index in [2.05, 4.69) is 39.6 Å². The summed E-state index contributed by atoms with van der Waals surface area (Å²) in [6.45, 7) is 6.14. The Balaban J connectivity index is 2.19. The molecule has 0 unspecified atom stereocenters. The smallest absolute Gasteiger partial charge is 0.0551 e. The molecule has 0 aliphatic heterocycles. The third-order valence-corrected chi connectivity index (χ3v) is 3.50. The highest BCUT2D eigenvalue weighted by Crippen LogP contribution is 2.22. The van der Waals surface area contributed by atoms with Crippen LogP contribution in [0.4, 0.5) is 0 Å². The minimum Gasteiger partial charge on any atom is -0.317 e. The summed E-state index contributed by atoms with van der Waals surface area (Å²) in [4.78, 5) is 0. The highest BCUT2D eigenvalue weighted by Gasteiger charge is 1.98. The summed E-state index contributed by atoms with van der Waals surface area (Å²) in [6, 6.07) is 6.05. The second-order valence-electron chi connectivity index (χ2n) is 3.63. The topological polar surface area (TPSA) is 24.1 Å². The maximum atomic E-state index is 6.01. The van der Waals surface area contributed by atoms with Crippen molar-refractivity contribution in [1.82, 2.24) is 10.6 Å². The van der Waals surface area contributed by atoms with Gasteiger partial charge in [-0.2, -0.15) is 0 Å². The van der Waals surface area contributed by atoms with Crippen LogP contribution in [0.5, 0.6) is 0 Å².